The van der Waals surface area contributed by atoms with Crippen molar-refractivity contribution < 1.29 is 28.7 Å². The molecule has 0 unspecified atom stereocenters. The van der Waals surface area contributed by atoms with Crippen LogP contribution in [0, 0.1) is 5.92 Å². The van der Waals surface area contributed by atoms with Crippen molar-refractivity contribution >= 4 is 23.9 Å². The summed E-state index contributed by atoms with van der Waals surface area (Å²) in [5.41, 5.74) is 1.37. The maximum Gasteiger partial charge on any atom is 0.338 e. The van der Waals surface area contributed by atoms with E-state index in [0.29, 0.717) is 0 Å². The number of amides is 3. The third-order valence-corrected chi connectivity index (χ3v) is 5.47. The maximum atomic E-state index is 12.6. The molecule has 2 heterocycles. The summed E-state index contributed by atoms with van der Waals surface area (Å²) < 4.78 is 10.4. The quantitative estimate of drug-likeness (QED) is 0.637. The number of likely N-dealkylation sites (tertiary alicyclic amines) is 1. The monoisotopic (exact) mass is 429 g/mol. The number of esters is 2. The summed E-state index contributed by atoms with van der Waals surface area (Å²) in [6.45, 7) is 5.38. The van der Waals surface area contributed by atoms with Gasteiger partial charge in [-0.1, -0.05) is 30.3 Å². The van der Waals surface area contributed by atoms with Gasteiger partial charge in [-0.25, -0.2) is 9.59 Å². The molecule has 0 radical (unpaired) electrons. The molecule has 2 aliphatic rings. The van der Waals surface area contributed by atoms with E-state index in [9.17, 15) is 19.2 Å². The second kappa shape index (κ2) is 9.63. The van der Waals surface area contributed by atoms with E-state index < -0.39 is 29.9 Å². The Kier molecular flexibility index (Phi) is 6.94. The highest BCUT2D eigenvalue weighted by atomic mass is 16.5. The predicted molar refractivity (Wildman–Crippen MR) is 110 cm³/mol. The fourth-order valence-electron chi connectivity index (χ4n) is 3.83. The molecule has 3 atom stereocenters. The Hall–Kier alpha value is -3.36. The van der Waals surface area contributed by atoms with Crippen molar-refractivity contribution in [3.63, 3.8) is 0 Å². The molecule has 1 fully saturated rings. The van der Waals surface area contributed by atoms with Crippen molar-refractivity contribution in [3.8, 4) is 0 Å². The summed E-state index contributed by atoms with van der Waals surface area (Å²) in [7, 11) is 0. The molecule has 0 aliphatic carbocycles. The number of urea groups is 1. The molecule has 2 aliphatic heterocycles. The highest BCUT2D eigenvalue weighted by Gasteiger charge is 2.38. The second-order valence-corrected chi connectivity index (χ2v) is 7.57. The fourth-order valence-corrected chi connectivity index (χ4v) is 3.83. The van der Waals surface area contributed by atoms with Crippen molar-refractivity contribution in [2.24, 2.45) is 5.92 Å². The summed E-state index contributed by atoms with van der Waals surface area (Å²) in [6, 6.07) is 8.35. The third-order valence-electron chi connectivity index (χ3n) is 5.47. The summed E-state index contributed by atoms with van der Waals surface area (Å²) in [5.74, 6) is -1.87. The van der Waals surface area contributed by atoms with Crippen molar-refractivity contribution in [2.75, 3.05) is 19.8 Å². The van der Waals surface area contributed by atoms with Crippen molar-refractivity contribution in [3.05, 3.63) is 47.2 Å². The van der Waals surface area contributed by atoms with Crippen LogP contribution in [0.2, 0.25) is 0 Å². The number of hydrogen-bond donors (Lipinski definition) is 2. The molecule has 31 heavy (non-hydrogen) atoms. The lowest BCUT2D eigenvalue weighted by atomic mass is 10.0. The number of nitrogens with one attached hydrogen (secondary N) is 2. The van der Waals surface area contributed by atoms with Crippen molar-refractivity contribution in [2.45, 2.75) is 39.3 Å². The number of benzene rings is 1. The second-order valence-electron chi connectivity index (χ2n) is 7.57. The summed E-state index contributed by atoms with van der Waals surface area (Å²) in [5, 5.41) is 5.09. The molecule has 1 aromatic rings. The molecule has 1 saturated heterocycles. The van der Waals surface area contributed by atoms with Crippen LogP contribution in [0.5, 0.6) is 0 Å². The molecule has 0 spiro atoms. The van der Waals surface area contributed by atoms with Crippen LogP contribution in [0.4, 0.5) is 4.79 Å². The van der Waals surface area contributed by atoms with E-state index in [1.165, 1.54) is 0 Å². The zero-order valence-electron chi connectivity index (χ0n) is 17.8. The first-order valence-corrected chi connectivity index (χ1v) is 10.3. The highest BCUT2D eigenvalue weighted by Crippen LogP contribution is 2.29. The van der Waals surface area contributed by atoms with Gasteiger partial charge in [0, 0.05) is 13.0 Å². The van der Waals surface area contributed by atoms with Gasteiger partial charge in [0.05, 0.1) is 35.9 Å². The van der Waals surface area contributed by atoms with Gasteiger partial charge in [-0.05, 0) is 26.3 Å². The summed E-state index contributed by atoms with van der Waals surface area (Å²) >= 11 is 0. The minimum Gasteiger partial charge on any atom is -0.463 e. The summed E-state index contributed by atoms with van der Waals surface area (Å²) in [4.78, 5) is 50.9. The first-order chi connectivity index (χ1) is 14.8. The Balaban J connectivity index is 1.66. The van der Waals surface area contributed by atoms with Gasteiger partial charge in [-0.2, -0.15) is 0 Å². The lowest BCUT2D eigenvalue weighted by Gasteiger charge is -2.27. The van der Waals surface area contributed by atoms with Crippen LogP contribution in [-0.4, -0.2) is 54.6 Å². The first kappa shape index (κ1) is 22.3. The molecule has 2 N–H and O–H groups in total. The topological polar surface area (TPSA) is 114 Å². The fraction of sp³-hybridized carbons (Fsp3) is 0.455. The van der Waals surface area contributed by atoms with Gasteiger partial charge in [0.2, 0.25) is 5.91 Å². The number of carbonyl (C=O) groups excluding carboxylic acids is 4. The smallest absolute Gasteiger partial charge is 0.338 e. The van der Waals surface area contributed by atoms with Gasteiger partial charge in [-0.3, -0.25) is 9.59 Å². The molecule has 3 amide bonds. The first-order valence-electron chi connectivity index (χ1n) is 10.3. The van der Waals surface area contributed by atoms with Crippen molar-refractivity contribution in [1.82, 2.24) is 15.5 Å². The van der Waals surface area contributed by atoms with Gasteiger partial charge < -0.3 is 25.0 Å². The molecule has 0 bridgehead atoms. The number of carbonyl (C=O) groups is 4. The average Bonchev–Trinajstić information content (AvgIpc) is 3.13. The Morgan fingerprint density at radius 3 is 2.58 bits per heavy atom. The van der Waals surface area contributed by atoms with Gasteiger partial charge in [0.25, 0.3) is 0 Å². The SMILES string of the molecule is CCOC(=O)C1=C(COC(=O)[C@@H]2CC(=O)N([C@@H](C)c3ccccc3)C2)NC(=O)N[C@@H]1C. The average molecular weight is 429 g/mol. The molecular weight excluding hydrogens is 402 g/mol. The Bertz CT molecular complexity index is 898. The Morgan fingerprint density at radius 1 is 1.19 bits per heavy atom. The largest absolute Gasteiger partial charge is 0.463 e. The lowest BCUT2D eigenvalue weighted by molar-refractivity contribution is -0.148. The minimum absolute atomic E-state index is 0.0596. The van der Waals surface area contributed by atoms with E-state index >= 15 is 0 Å². The number of hydrogen-bond acceptors (Lipinski definition) is 6. The number of ether oxygens (including phenoxy) is 2. The number of nitrogens with zero attached hydrogens (tertiary/aromatic N) is 1. The van der Waals surface area contributed by atoms with Gasteiger partial charge in [-0.15, -0.1) is 0 Å². The standard InChI is InChI=1S/C22H27N3O6/c1-4-30-21(28)19-13(2)23-22(29)24-17(19)12-31-20(27)16-10-18(26)25(11-16)14(3)15-8-6-5-7-9-15/h5-9,13-14,16H,4,10-12H2,1-3H3,(H2,23,24,29)/t13-,14+,16-/m1/s1. The molecule has 0 saturated carbocycles. The number of rotatable bonds is 7. The van der Waals surface area contributed by atoms with Crippen LogP contribution < -0.4 is 10.6 Å². The highest BCUT2D eigenvalue weighted by molar-refractivity contribution is 5.95. The van der Waals surface area contributed by atoms with Crippen molar-refractivity contribution in [1.29, 1.82) is 0 Å². The molecule has 9 nitrogen and oxygen atoms in total. The molecule has 0 aromatic heterocycles. The Morgan fingerprint density at radius 2 is 1.90 bits per heavy atom. The van der Waals surface area contributed by atoms with Crippen LogP contribution in [0.3, 0.4) is 0 Å². The van der Waals surface area contributed by atoms with Gasteiger partial charge in [0.1, 0.15) is 6.61 Å². The zero-order valence-corrected chi connectivity index (χ0v) is 17.8. The third kappa shape index (κ3) is 5.04. The van der Waals surface area contributed by atoms with Gasteiger partial charge >= 0.3 is 18.0 Å². The van der Waals surface area contributed by atoms with E-state index in [1.54, 1.807) is 18.7 Å². The maximum absolute atomic E-state index is 12.6. The van der Waals surface area contributed by atoms with Crippen LogP contribution in [-0.2, 0) is 23.9 Å². The zero-order chi connectivity index (χ0) is 22.5. The minimum atomic E-state index is -0.611. The van der Waals surface area contributed by atoms with E-state index in [2.05, 4.69) is 10.6 Å². The lowest BCUT2D eigenvalue weighted by Crippen LogP contribution is -2.50. The van der Waals surface area contributed by atoms with E-state index in [0.717, 1.165) is 5.56 Å². The summed E-state index contributed by atoms with van der Waals surface area (Å²) in [6.07, 6.45) is 0.0596. The molecule has 1 aromatic carbocycles. The predicted octanol–water partition coefficient (Wildman–Crippen LogP) is 1.66. The van der Waals surface area contributed by atoms with E-state index in [4.69, 9.17) is 9.47 Å². The van der Waals surface area contributed by atoms with Crippen LogP contribution >= 0.6 is 0 Å². The molecule has 9 heteroatoms. The molecular formula is C22H27N3O6. The van der Waals surface area contributed by atoms with Crippen LogP contribution in [0.1, 0.15) is 38.8 Å². The van der Waals surface area contributed by atoms with Gasteiger partial charge in [0.15, 0.2) is 0 Å². The van der Waals surface area contributed by atoms with Crippen LogP contribution in [0.15, 0.2) is 41.6 Å². The normalized spacial score (nSPS) is 22.0. The van der Waals surface area contributed by atoms with E-state index in [1.807, 2.05) is 37.3 Å². The van der Waals surface area contributed by atoms with Crippen LogP contribution in [0.25, 0.3) is 0 Å². The molecule has 3 rings (SSSR count). The van der Waals surface area contributed by atoms with E-state index in [-0.39, 0.29) is 49.4 Å². The molecule has 166 valence electrons. The Labute approximate surface area is 180 Å².